The molecule has 0 N–H and O–H groups in total. The molecule has 0 aromatic heterocycles. The average molecular weight is 329 g/mol. The summed E-state index contributed by atoms with van der Waals surface area (Å²) in [6.45, 7) is 2.87. The molecule has 14 heavy (non-hydrogen) atoms. The second-order valence-corrected chi connectivity index (χ2v) is 2.97. The van der Waals surface area contributed by atoms with E-state index in [1.54, 1.807) is 12.1 Å². The minimum absolute atomic E-state index is 0.633. The van der Waals surface area contributed by atoms with Crippen LogP contribution in [0.4, 0.5) is 0 Å². The molecule has 74 valence electrons. The molecule has 1 nitrogen and oxygen atoms in total. The van der Waals surface area contributed by atoms with E-state index < -0.39 is 0 Å². The van der Waals surface area contributed by atoms with Gasteiger partial charge in [-0.1, -0.05) is 13.3 Å². The molecule has 1 aromatic rings. The molecule has 0 radical (unpaired) electrons. The molecule has 0 aliphatic rings. The van der Waals surface area contributed by atoms with Crippen molar-refractivity contribution in [2.45, 2.75) is 19.8 Å². The Hall–Kier alpha value is 0.413. The number of hydrogen-bond donors (Lipinski definition) is 0. The second-order valence-electron chi connectivity index (χ2n) is 2.56. The van der Waals surface area contributed by atoms with Gasteiger partial charge in [0, 0.05) is 5.75 Å². The van der Waals surface area contributed by atoms with E-state index >= 15 is 0 Å². The molecule has 0 amide bonds. The summed E-state index contributed by atoms with van der Waals surface area (Å²) in [5.74, 6) is 0.754. The Bertz CT molecular complexity index is 245. The monoisotopic (exact) mass is 326 g/mol. The Labute approximate surface area is 107 Å². The number of unbranched alkanes of at least 4 members (excludes halogenated alkanes) is 1. The molecule has 0 bridgehead atoms. The average Bonchev–Trinajstić information content (AvgIpc) is 2.24. The molecule has 0 spiro atoms. The van der Waals surface area contributed by atoms with Gasteiger partial charge in [0.2, 0.25) is 0 Å². The first-order valence-corrected chi connectivity index (χ1v) is 11.7. The standard InChI is InChI=1S/C10H12ClO.BrH.Zn/c1-2-3-8-12-10-7-5-4-6-9(10)11;;/h5-7H,2-3,8H2,1H3;1H;/q-1;;+2/p-1. The molecule has 0 unspecified atom stereocenters. The van der Waals surface area contributed by atoms with Crippen LogP contribution in [0, 0.1) is 6.07 Å². The molecule has 0 saturated heterocycles. The van der Waals surface area contributed by atoms with Crippen LogP contribution in [0.15, 0.2) is 18.2 Å². The van der Waals surface area contributed by atoms with Crippen molar-refractivity contribution in [3.8, 4) is 5.75 Å². The first-order valence-electron chi connectivity index (χ1n) is 4.39. The van der Waals surface area contributed by atoms with Gasteiger partial charge in [0.05, 0.1) is 6.61 Å². The van der Waals surface area contributed by atoms with Crippen molar-refractivity contribution < 1.29 is 21.1 Å². The Morgan fingerprint density at radius 1 is 1.57 bits per heavy atom. The summed E-state index contributed by atoms with van der Waals surface area (Å²) in [6, 6.07) is 8.22. The van der Waals surface area contributed by atoms with E-state index in [1.165, 1.54) is 16.3 Å². The molecule has 0 aliphatic heterocycles. The quantitative estimate of drug-likeness (QED) is 0.458. The Morgan fingerprint density at radius 3 is 2.86 bits per heavy atom. The Balaban J connectivity index is 0.000000791. The summed E-state index contributed by atoms with van der Waals surface area (Å²) in [5, 5.41) is 0.633. The predicted octanol–water partition coefficient (Wildman–Crippen LogP) is 4.16. The van der Waals surface area contributed by atoms with Crippen LogP contribution in [0.5, 0.6) is 5.75 Å². The molecular formula is C10H12BrClOZn. The zero-order valence-electron chi connectivity index (χ0n) is 8.22. The van der Waals surface area contributed by atoms with Gasteiger partial charge in [0.1, 0.15) is 0 Å². The zero-order valence-corrected chi connectivity index (χ0v) is 13.5. The van der Waals surface area contributed by atoms with Gasteiger partial charge in [-0.3, -0.25) is 0 Å². The zero-order chi connectivity index (χ0) is 10.8. The SMILES string of the molecule is CCCCOc1cc[c-]cc1Cl.[Zn+][Br]. The molecule has 0 fully saturated rings. The number of rotatable bonds is 4. The van der Waals surface area contributed by atoms with Crippen molar-refractivity contribution in [3.05, 3.63) is 29.3 Å². The van der Waals surface area contributed by atoms with Crippen molar-refractivity contribution >= 4 is 25.2 Å². The summed E-state index contributed by atoms with van der Waals surface area (Å²) >= 11 is 10.1. The predicted molar refractivity (Wildman–Crippen MR) is 59.6 cm³/mol. The molecule has 0 aliphatic carbocycles. The van der Waals surface area contributed by atoms with Gasteiger partial charge in [0.15, 0.2) is 0 Å². The summed E-state index contributed by atoms with van der Waals surface area (Å²) < 4.78 is 5.43. The number of hydrogen-bond acceptors (Lipinski definition) is 1. The maximum atomic E-state index is 5.85. The normalized spacial score (nSPS) is 8.93. The Kier molecular flexibility index (Phi) is 10.2. The van der Waals surface area contributed by atoms with E-state index in [9.17, 15) is 0 Å². The van der Waals surface area contributed by atoms with Crippen LogP contribution < -0.4 is 4.74 Å². The van der Waals surface area contributed by atoms with Gasteiger partial charge in [-0.25, -0.2) is 0 Å². The molecule has 0 heterocycles. The first-order chi connectivity index (χ1) is 6.84. The van der Waals surface area contributed by atoms with E-state index in [2.05, 4.69) is 26.6 Å². The maximum absolute atomic E-state index is 5.85. The van der Waals surface area contributed by atoms with Gasteiger partial charge in [-0.2, -0.15) is 29.8 Å². The fourth-order valence-corrected chi connectivity index (χ4v) is 1.02. The van der Waals surface area contributed by atoms with Crippen LogP contribution in [0.25, 0.3) is 0 Å². The van der Waals surface area contributed by atoms with E-state index in [4.69, 9.17) is 16.3 Å². The van der Waals surface area contributed by atoms with Crippen LogP contribution in [-0.2, 0) is 16.3 Å². The van der Waals surface area contributed by atoms with Gasteiger partial charge in [-0.05, 0) is 11.4 Å². The molecule has 1 rings (SSSR count). The number of ether oxygens (including phenoxy) is 1. The van der Waals surface area contributed by atoms with Gasteiger partial charge < -0.3 is 4.74 Å². The van der Waals surface area contributed by atoms with Crippen molar-refractivity contribution in [1.82, 2.24) is 0 Å². The molecule has 4 heteroatoms. The van der Waals surface area contributed by atoms with Crippen LogP contribution in [0.1, 0.15) is 19.8 Å². The van der Waals surface area contributed by atoms with E-state index in [1.807, 2.05) is 6.07 Å². The molecule has 1 aromatic carbocycles. The summed E-state index contributed by atoms with van der Waals surface area (Å²) in [7, 11) is 0. The van der Waals surface area contributed by atoms with Crippen LogP contribution in [0.3, 0.4) is 0 Å². The van der Waals surface area contributed by atoms with Crippen LogP contribution in [-0.4, -0.2) is 6.61 Å². The van der Waals surface area contributed by atoms with Crippen LogP contribution in [0.2, 0.25) is 5.02 Å². The summed E-state index contributed by atoms with van der Waals surface area (Å²) in [5.41, 5.74) is 0. The third-order valence-corrected chi connectivity index (χ3v) is 1.83. The summed E-state index contributed by atoms with van der Waals surface area (Å²) in [4.78, 5) is 0. The van der Waals surface area contributed by atoms with Gasteiger partial charge in [0.25, 0.3) is 0 Å². The summed E-state index contributed by atoms with van der Waals surface area (Å²) in [6.07, 6.45) is 2.20. The number of benzene rings is 1. The third-order valence-electron chi connectivity index (χ3n) is 1.53. The Morgan fingerprint density at radius 2 is 2.29 bits per heavy atom. The fraction of sp³-hybridized carbons (Fsp3) is 0.400. The third kappa shape index (κ3) is 6.00. The van der Waals surface area contributed by atoms with Crippen molar-refractivity contribution in [2.24, 2.45) is 0 Å². The van der Waals surface area contributed by atoms with Crippen molar-refractivity contribution in [2.75, 3.05) is 6.61 Å². The molecular weight excluding hydrogens is 317 g/mol. The van der Waals surface area contributed by atoms with E-state index in [0.29, 0.717) is 5.02 Å². The fourth-order valence-electron chi connectivity index (χ4n) is 0.839. The van der Waals surface area contributed by atoms with Crippen LogP contribution >= 0.6 is 25.2 Å². The van der Waals surface area contributed by atoms with Gasteiger partial charge >= 0.3 is 30.0 Å². The second kappa shape index (κ2) is 9.95. The molecule has 0 saturated carbocycles. The topological polar surface area (TPSA) is 9.23 Å². The van der Waals surface area contributed by atoms with E-state index in [0.717, 1.165) is 25.2 Å². The molecule has 0 atom stereocenters. The number of halogens is 2. The van der Waals surface area contributed by atoms with Crippen molar-refractivity contribution in [1.29, 1.82) is 0 Å². The van der Waals surface area contributed by atoms with Gasteiger partial charge in [-0.15, -0.1) is 6.07 Å². The minimum atomic E-state index is 0.633. The van der Waals surface area contributed by atoms with E-state index in [-0.39, 0.29) is 0 Å². The first kappa shape index (κ1) is 14.4. The van der Waals surface area contributed by atoms with Crippen molar-refractivity contribution in [3.63, 3.8) is 0 Å².